The minimum atomic E-state index is -0.291. The van der Waals surface area contributed by atoms with Crippen molar-refractivity contribution in [3.63, 3.8) is 0 Å². The van der Waals surface area contributed by atoms with E-state index in [0.717, 1.165) is 24.0 Å². The number of nitrogens with one attached hydrogen (secondary N) is 1. The Morgan fingerprint density at radius 2 is 1.87 bits per heavy atom. The summed E-state index contributed by atoms with van der Waals surface area (Å²) in [6, 6.07) is 12.7. The molecule has 1 heterocycles. The third-order valence-electron chi connectivity index (χ3n) is 5.52. The van der Waals surface area contributed by atoms with E-state index >= 15 is 0 Å². The van der Waals surface area contributed by atoms with Gasteiger partial charge >= 0.3 is 0 Å². The zero-order valence-corrected chi connectivity index (χ0v) is 18.0. The van der Waals surface area contributed by atoms with Gasteiger partial charge in [-0.05, 0) is 73.6 Å². The highest BCUT2D eigenvalue weighted by molar-refractivity contribution is 7.99. The first-order valence-corrected chi connectivity index (χ1v) is 11.2. The number of amides is 1. The van der Waals surface area contributed by atoms with Crippen LogP contribution in [0.25, 0.3) is 11.4 Å². The number of fused-ring (bicyclic) bond motifs is 1. The van der Waals surface area contributed by atoms with Crippen LogP contribution in [0, 0.1) is 5.82 Å². The molecule has 0 saturated heterocycles. The Morgan fingerprint density at radius 3 is 2.63 bits per heavy atom. The van der Waals surface area contributed by atoms with E-state index < -0.39 is 0 Å². The second-order valence-electron chi connectivity index (χ2n) is 7.69. The number of thioether (sulfide) groups is 1. The van der Waals surface area contributed by atoms with E-state index in [1.807, 2.05) is 18.5 Å². The molecule has 0 radical (unpaired) electrons. The number of nitrogens with zero attached hydrogens (tertiary/aromatic N) is 3. The van der Waals surface area contributed by atoms with Crippen LogP contribution >= 0.6 is 11.8 Å². The topological polar surface area (TPSA) is 59.8 Å². The molecule has 1 N–H and O–H groups in total. The summed E-state index contributed by atoms with van der Waals surface area (Å²) in [6.45, 7) is 2.02. The minimum absolute atomic E-state index is 0.0420. The Morgan fingerprint density at radius 1 is 1.13 bits per heavy atom. The van der Waals surface area contributed by atoms with Gasteiger partial charge in [-0.15, -0.1) is 10.2 Å². The molecule has 1 atom stereocenters. The quantitative estimate of drug-likeness (QED) is 0.593. The first-order chi connectivity index (χ1) is 14.5. The standard InChI is InChI=1S/C23H25FN4OS/c1-15(18-8-7-16-5-3-4-6-19(16)13-18)25-21(29)14-30-23-27-26-22(28(23)2)17-9-11-20(24)12-10-17/h7-13,15H,3-6,14H2,1-2H3,(H,25,29)/t15-/m1/s1. The molecule has 4 rings (SSSR count). The molecule has 0 spiro atoms. The summed E-state index contributed by atoms with van der Waals surface area (Å²) in [4.78, 5) is 12.5. The molecule has 30 heavy (non-hydrogen) atoms. The molecule has 2 aromatic carbocycles. The number of carbonyl (C=O) groups excluding carboxylic acids is 1. The lowest BCUT2D eigenvalue weighted by molar-refractivity contribution is -0.119. The van der Waals surface area contributed by atoms with Crippen LogP contribution in [0.5, 0.6) is 0 Å². The predicted octanol–water partition coefficient (Wildman–Crippen LogP) is 4.47. The summed E-state index contributed by atoms with van der Waals surface area (Å²) < 4.78 is 15.0. The fourth-order valence-corrected chi connectivity index (χ4v) is 4.53. The van der Waals surface area contributed by atoms with Gasteiger partial charge in [-0.2, -0.15) is 0 Å². The molecule has 1 aromatic heterocycles. The van der Waals surface area contributed by atoms with Crippen LogP contribution in [0.3, 0.4) is 0 Å². The lowest BCUT2D eigenvalue weighted by Crippen LogP contribution is -2.28. The monoisotopic (exact) mass is 424 g/mol. The van der Waals surface area contributed by atoms with E-state index in [1.165, 1.54) is 47.9 Å². The van der Waals surface area contributed by atoms with Gasteiger partial charge in [0.1, 0.15) is 5.82 Å². The van der Waals surface area contributed by atoms with Gasteiger partial charge in [0.05, 0.1) is 11.8 Å². The van der Waals surface area contributed by atoms with E-state index in [2.05, 4.69) is 33.7 Å². The molecule has 1 amide bonds. The van der Waals surface area contributed by atoms with E-state index in [0.29, 0.717) is 11.0 Å². The Balaban J connectivity index is 1.35. The molecule has 3 aromatic rings. The van der Waals surface area contributed by atoms with E-state index in [1.54, 1.807) is 12.1 Å². The van der Waals surface area contributed by atoms with Gasteiger partial charge in [-0.3, -0.25) is 4.79 Å². The number of rotatable bonds is 6. The predicted molar refractivity (Wildman–Crippen MR) is 117 cm³/mol. The van der Waals surface area contributed by atoms with Gasteiger partial charge in [-0.1, -0.05) is 30.0 Å². The Labute approximate surface area is 180 Å². The molecule has 0 unspecified atom stereocenters. The van der Waals surface area contributed by atoms with Gasteiger partial charge in [-0.25, -0.2) is 4.39 Å². The molecule has 0 bridgehead atoms. The molecular formula is C23H25FN4OS. The van der Waals surface area contributed by atoms with E-state index in [-0.39, 0.29) is 23.5 Å². The Bertz CT molecular complexity index is 1050. The van der Waals surface area contributed by atoms with Crippen molar-refractivity contribution in [1.29, 1.82) is 0 Å². The molecule has 156 valence electrons. The maximum absolute atomic E-state index is 13.1. The molecule has 5 nitrogen and oxygen atoms in total. The van der Waals surface area contributed by atoms with Gasteiger partial charge in [0.25, 0.3) is 0 Å². The summed E-state index contributed by atoms with van der Waals surface area (Å²) in [7, 11) is 1.84. The first-order valence-electron chi connectivity index (χ1n) is 10.2. The normalized spacial score (nSPS) is 14.2. The zero-order chi connectivity index (χ0) is 21.1. The van der Waals surface area contributed by atoms with E-state index in [4.69, 9.17) is 0 Å². The van der Waals surface area contributed by atoms with Gasteiger partial charge in [0.2, 0.25) is 5.91 Å². The average molecular weight is 425 g/mol. The Hall–Kier alpha value is -2.67. The lowest BCUT2D eigenvalue weighted by atomic mass is 9.89. The number of benzene rings is 2. The largest absolute Gasteiger partial charge is 0.349 e. The number of carbonyl (C=O) groups is 1. The SMILES string of the molecule is C[C@@H](NC(=O)CSc1nnc(-c2ccc(F)cc2)n1C)c1ccc2c(c1)CCCC2. The second kappa shape index (κ2) is 9.00. The summed E-state index contributed by atoms with van der Waals surface area (Å²) in [6.07, 6.45) is 4.79. The van der Waals surface area contributed by atoms with Crippen molar-refractivity contribution >= 4 is 17.7 Å². The minimum Gasteiger partial charge on any atom is -0.349 e. The fourth-order valence-electron chi connectivity index (χ4n) is 3.81. The van der Waals surface area contributed by atoms with E-state index in [9.17, 15) is 9.18 Å². The van der Waals surface area contributed by atoms with Crippen LogP contribution in [0.4, 0.5) is 4.39 Å². The maximum Gasteiger partial charge on any atom is 0.230 e. The van der Waals surface area contributed by atoms with Crippen molar-refractivity contribution in [2.45, 2.75) is 43.8 Å². The van der Waals surface area contributed by atoms with Crippen LogP contribution in [0.15, 0.2) is 47.6 Å². The van der Waals surface area contributed by atoms with Gasteiger partial charge in [0.15, 0.2) is 11.0 Å². The highest BCUT2D eigenvalue weighted by Crippen LogP contribution is 2.26. The van der Waals surface area contributed by atoms with Crippen molar-refractivity contribution in [1.82, 2.24) is 20.1 Å². The van der Waals surface area contributed by atoms with Crippen molar-refractivity contribution in [3.8, 4) is 11.4 Å². The summed E-state index contributed by atoms with van der Waals surface area (Å²) in [5, 5.41) is 12.1. The number of aromatic nitrogens is 3. The lowest BCUT2D eigenvalue weighted by Gasteiger charge is -2.20. The van der Waals surface area contributed by atoms with Gasteiger partial charge < -0.3 is 9.88 Å². The summed E-state index contributed by atoms with van der Waals surface area (Å²) in [5.74, 6) is 0.558. The van der Waals surface area contributed by atoms with Gasteiger partial charge in [0, 0.05) is 12.6 Å². The summed E-state index contributed by atoms with van der Waals surface area (Å²) in [5.41, 5.74) is 4.79. The molecule has 0 fully saturated rings. The highest BCUT2D eigenvalue weighted by atomic mass is 32.2. The third kappa shape index (κ3) is 4.56. The maximum atomic E-state index is 13.1. The van der Waals surface area contributed by atoms with Crippen molar-refractivity contribution in [2.75, 3.05) is 5.75 Å². The van der Waals surface area contributed by atoms with Crippen LogP contribution in [0.1, 0.15) is 42.5 Å². The highest BCUT2D eigenvalue weighted by Gasteiger charge is 2.16. The molecule has 0 aliphatic heterocycles. The molecule has 0 saturated carbocycles. The molecule has 7 heteroatoms. The number of halogens is 1. The second-order valence-corrected chi connectivity index (χ2v) is 8.63. The van der Waals surface area contributed by atoms with Crippen LogP contribution in [-0.2, 0) is 24.7 Å². The number of hydrogen-bond acceptors (Lipinski definition) is 4. The molecular weight excluding hydrogens is 399 g/mol. The molecule has 1 aliphatic carbocycles. The number of aryl methyl sites for hydroxylation is 2. The zero-order valence-electron chi connectivity index (χ0n) is 17.2. The van der Waals surface area contributed by atoms with Crippen LogP contribution in [0.2, 0.25) is 0 Å². The number of hydrogen-bond donors (Lipinski definition) is 1. The smallest absolute Gasteiger partial charge is 0.230 e. The van der Waals surface area contributed by atoms with Crippen LogP contribution in [-0.4, -0.2) is 26.4 Å². The van der Waals surface area contributed by atoms with Crippen LogP contribution < -0.4 is 5.32 Å². The Kier molecular flexibility index (Phi) is 6.18. The van der Waals surface area contributed by atoms with Crippen molar-refractivity contribution in [3.05, 3.63) is 65.0 Å². The third-order valence-corrected chi connectivity index (χ3v) is 6.54. The average Bonchev–Trinajstić information content (AvgIpc) is 3.12. The molecule has 1 aliphatic rings. The van der Waals surface area contributed by atoms with Crippen molar-refractivity contribution in [2.24, 2.45) is 7.05 Å². The van der Waals surface area contributed by atoms with Crippen molar-refractivity contribution < 1.29 is 9.18 Å². The first kappa shape index (κ1) is 20.6. The fraction of sp³-hybridized carbons (Fsp3) is 0.348. The summed E-state index contributed by atoms with van der Waals surface area (Å²) >= 11 is 1.34.